The van der Waals surface area contributed by atoms with Gasteiger partial charge in [-0.3, -0.25) is 0 Å². The molecule has 0 radical (unpaired) electrons. The third-order valence-electron chi connectivity index (χ3n) is 1.61. The van der Waals surface area contributed by atoms with Crippen molar-refractivity contribution in [3.05, 3.63) is 47.6 Å². The van der Waals surface area contributed by atoms with Gasteiger partial charge in [0.05, 0.1) is 13.2 Å². The SMILES string of the molecule is OCC1=C/C=C(CO)\C=C/C=C\1. The molecule has 0 aliphatic heterocycles. The Morgan fingerprint density at radius 3 is 1.58 bits per heavy atom. The van der Waals surface area contributed by atoms with E-state index in [0.717, 1.165) is 11.1 Å². The van der Waals surface area contributed by atoms with Crippen LogP contribution in [0.15, 0.2) is 47.6 Å². The Bertz CT molecular complexity index is 229. The van der Waals surface area contributed by atoms with Crippen molar-refractivity contribution in [1.82, 2.24) is 0 Å². The predicted octanol–water partition coefficient (Wildman–Crippen LogP) is 0.950. The standard InChI is InChI=1S/C10H12O2/c11-7-9-3-1-2-4-10(8-12)6-5-9/h1-6,11-12H,7-8H2/b2-1?,3-1-,4-2-,6-5?,9-3?,9-5+,10-4?,10-6+. The van der Waals surface area contributed by atoms with Crippen LogP contribution in [0.2, 0.25) is 0 Å². The van der Waals surface area contributed by atoms with Gasteiger partial charge in [0.25, 0.3) is 0 Å². The fraction of sp³-hybridized carbons (Fsp3) is 0.200. The van der Waals surface area contributed by atoms with Crippen molar-refractivity contribution in [1.29, 1.82) is 0 Å². The summed E-state index contributed by atoms with van der Waals surface area (Å²) in [7, 11) is 0. The molecule has 0 spiro atoms. The highest BCUT2D eigenvalue weighted by atomic mass is 16.3. The van der Waals surface area contributed by atoms with Gasteiger partial charge in [0, 0.05) is 0 Å². The highest BCUT2D eigenvalue weighted by molar-refractivity contribution is 5.35. The Hall–Kier alpha value is -1.12. The van der Waals surface area contributed by atoms with E-state index in [1.807, 2.05) is 24.3 Å². The predicted molar refractivity (Wildman–Crippen MR) is 48.6 cm³/mol. The van der Waals surface area contributed by atoms with Crippen LogP contribution in [0.3, 0.4) is 0 Å². The van der Waals surface area contributed by atoms with Crippen molar-refractivity contribution in [3.63, 3.8) is 0 Å². The Labute approximate surface area is 71.8 Å². The van der Waals surface area contributed by atoms with Gasteiger partial charge >= 0.3 is 0 Å². The fourth-order valence-electron chi connectivity index (χ4n) is 0.894. The molecule has 2 heteroatoms. The van der Waals surface area contributed by atoms with E-state index in [1.165, 1.54) is 0 Å². The van der Waals surface area contributed by atoms with E-state index in [-0.39, 0.29) is 13.2 Å². The van der Waals surface area contributed by atoms with E-state index in [9.17, 15) is 0 Å². The van der Waals surface area contributed by atoms with E-state index < -0.39 is 0 Å². The third-order valence-corrected chi connectivity index (χ3v) is 1.61. The van der Waals surface area contributed by atoms with E-state index in [2.05, 4.69) is 0 Å². The zero-order chi connectivity index (χ0) is 8.81. The number of rotatable bonds is 2. The maximum atomic E-state index is 8.83. The Balaban J connectivity index is 2.83. The van der Waals surface area contributed by atoms with E-state index in [4.69, 9.17) is 10.2 Å². The molecule has 0 bridgehead atoms. The van der Waals surface area contributed by atoms with Crippen LogP contribution in [-0.2, 0) is 0 Å². The maximum Gasteiger partial charge on any atom is 0.0681 e. The molecule has 1 aliphatic rings. The second-order valence-corrected chi connectivity index (χ2v) is 2.52. The summed E-state index contributed by atoms with van der Waals surface area (Å²) in [5.74, 6) is 0. The van der Waals surface area contributed by atoms with Crippen LogP contribution in [0.25, 0.3) is 0 Å². The third kappa shape index (κ3) is 2.49. The van der Waals surface area contributed by atoms with Crippen molar-refractivity contribution in [3.8, 4) is 0 Å². The fourth-order valence-corrected chi connectivity index (χ4v) is 0.894. The summed E-state index contributed by atoms with van der Waals surface area (Å²) >= 11 is 0. The van der Waals surface area contributed by atoms with Gasteiger partial charge in [-0.2, -0.15) is 0 Å². The summed E-state index contributed by atoms with van der Waals surface area (Å²) in [6, 6.07) is 0. The second-order valence-electron chi connectivity index (χ2n) is 2.52. The van der Waals surface area contributed by atoms with E-state index in [1.54, 1.807) is 12.2 Å². The van der Waals surface area contributed by atoms with Crippen LogP contribution in [0.1, 0.15) is 0 Å². The average Bonchev–Trinajstić information content (AvgIpc) is 2.05. The topological polar surface area (TPSA) is 40.5 Å². The van der Waals surface area contributed by atoms with Crippen molar-refractivity contribution in [2.75, 3.05) is 13.2 Å². The molecule has 0 aromatic rings. The van der Waals surface area contributed by atoms with E-state index >= 15 is 0 Å². The first-order valence-electron chi connectivity index (χ1n) is 3.83. The minimum Gasteiger partial charge on any atom is -0.392 e. The molecule has 2 N–H and O–H groups in total. The molecule has 1 aliphatic carbocycles. The van der Waals surface area contributed by atoms with Crippen molar-refractivity contribution < 1.29 is 10.2 Å². The number of hydrogen-bond acceptors (Lipinski definition) is 2. The molecular formula is C10H12O2. The van der Waals surface area contributed by atoms with Gasteiger partial charge in [0.15, 0.2) is 0 Å². The first-order chi connectivity index (χ1) is 5.86. The maximum absolute atomic E-state index is 8.83. The van der Waals surface area contributed by atoms with Gasteiger partial charge in [-0.05, 0) is 11.1 Å². The monoisotopic (exact) mass is 164 g/mol. The molecule has 1 rings (SSSR count). The zero-order valence-corrected chi connectivity index (χ0v) is 6.77. The first kappa shape index (κ1) is 8.97. The lowest BCUT2D eigenvalue weighted by atomic mass is 10.1. The molecular weight excluding hydrogens is 152 g/mol. The summed E-state index contributed by atoms with van der Waals surface area (Å²) in [6.45, 7) is 0.0547. The van der Waals surface area contributed by atoms with Crippen LogP contribution in [0, 0.1) is 0 Å². The molecule has 12 heavy (non-hydrogen) atoms. The van der Waals surface area contributed by atoms with Crippen molar-refractivity contribution in [2.24, 2.45) is 0 Å². The number of hydrogen-bond donors (Lipinski definition) is 2. The lowest BCUT2D eigenvalue weighted by molar-refractivity contribution is 0.333. The largest absolute Gasteiger partial charge is 0.392 e. The minimum absolute atomic E-state index is 0.0273. The Morgan fingerprint density at radius 1 is 0.833 bits per heavy atom. The number of aliphatic hydroxyl groups is 2. The average molecular weight is 164 g/mol. The molecule has 64 valence electrons. The molecule has 0 aromatic heterocycles. The summed E-state index contributed by atoms with van der Waals surface area (Å²) in [6.07, 6.45) is 10.9. The highest BCUT2D eigenvalue weighted by Crippen LogP contribution is 2.04. The van der Waals surface area contributed by atoms with E-state index in [0.29, 0.717) is 0 Å². The van der Waals surface area contributed by atoms with Gasteiger partial charge in [-0.1, -0.05) is 36.5 Å². The molecule has 0 atom stereocenters. The normalized spacial score (nSPS) is 30.5. The van der Waals surface area contributed by atoms with Crippen LogP contribution >= 0.6 is 0 Å². The zero-order valence-electron chi connectivity index (χ0n) is 6.77. The highest BCUT2D eigenvalue weighted by Gasteiger charge is 1.91. The van der Waals surface area contributed by atoms with Crippen LogP contribution in [0.5, 0.6) is 0 Å². The summed E-state index contributed by atoms with van der Waals surface area (Å²) in [4.78, 5) is 0. The van der Waals surface area contributed by atoms with Gasteiger partial charge in [0.2, 0.25) is 0 Å². The molecule has 0 fully saturated rings. The summed E-state index contributed by atoms with van der Waals surface area (Å²) < 4.78 is 0. The summed E-state index contributed by atoms with van der Waals surface area (Å²) in [5.41, 5.74) is 1.68. The van der Waals surface area contributed by atoms with Gasteiger partial charge in [0.1, 0.15) is 0 Å². The summed E-state index contributed by atoms with van der Waals surface area (Å²) in [5, 5.41) is 17.7. The number of aliphatic hydroxyl groups excluding tert-OH is 2. The van der Waals surface area contributed by atoms with Crippen molar-refractivity contribution >= 4 is 0 Å². The molecule has 0 aromatic carbocycles. The first-order valence-corrected chi connectivity index (χ1v) is 3.83. The molecule has 0 unspecified atom stereocenters. The second kappa shape index (κ2) is 4.70. The lowest BCUT2D eigenvalue weighted by Crippen LogP contribution is -1.89. The van der Waals surface area contributed by atoms with Crippen LogP contribution < -0.4 is 0 Å². The van der Waals surface area contributed by atoms with Crippen LogP contribution in [-0.4, -0.2) is 23.4 Å². The molecule has 2 nitrogen and oxygen atoms in total. The molecule has 0 amide bonds. The Kier molecular flexibility index (Phi) is 3.51. The quantitative estimate of drug-likeness (QED) is 0.638. The smallest absolute Gasteiger partial charge is 0.0681 e. The molecule has 0 heterocycles. The molecule has 0 saturated carbocycles. The van der Waals surface area contributed by atoms with Gasteiger partial charge in [-0.25, -0.2) is 0 Å². The van der Waals surface area contributed by atoms with Gasteiger partial charge < -0.3 is 10.2 Å². The van der Waals surface area contributed by atoms with Gasteiger partial charge in [-0.15, -0.1) is 0 Å². The lowest BCUT2D eigenvalue weighted by Gasteiger charge is -1.98. The minimum atomic E-state index is 0.0273. The Morgan fingerprint density at radius 2 is 1.25 bits per heavy atom. The van der Waals surface area contributed by atoms with Crippen LogP contribution in [0.4, 0.5) is 0 Å². The van der Waals surface area contributed by atoms with Crippen molar-refractivity contribution in [2.45, 2.75) is 0 Å². The number of allylic oxidation sites excluding steroid dienone is 4. The molecule has 0 saturated heterocycles.